The van der Waals surface area contributed by atoms with Crippen LogP contribution in [0.3, 0.4) is 0 Å². The zero-order valence-corrected chi connectivity index (χ0v) is 24.6. The van der Waals surface area contributed by atoms with E-state index in [1.165, 1.54) is 32.1 Å². The molecular weight excluding hydrogens is 516 g/mol. The summed E-state index contributed by atoms with van der Waals surface area (Å²) in [6.07, 6.45) is 9.54. The first-order valence-electron chi connectivity index (χ1n) is 14.0. The Bertz CT molecular complexity index is 1080. The average Bonchev–Trinajstić information content (AvgIpc) is 3.09. The fourth-order valence-electron chi connectivity index (χ4n) is 9.18. The van der Waals surface area contributed by atoms with Crippen molar-refractivity contribution in [2.24, 2.45) is 46.3 Å². The standard InChI is InChI=1S/C27H46O8S2/c1-17(2)7-6-8-18(3)21-11-12-22-20-10-9-19-15-24(34-36(28,29)30)25(35-37(31,32)33)16-27(19,5)23(20)13-14-26(21,22)4/h9,17-18,20-25H,6-8,10-16H2,1-5H3,(H,28,29,30)(H,31,32,33)/t18-,20+,21-,22+,23+,24+,25+,26-,27+/m1/s1. The highest BCUT2D eigenvalue weighted by atomic mass is 32.3. The quantitative estimate of drug-likeness (QED) is 0.258. The number of hydrogen-bond acceptors (Lipinski definition) is 6. The highest BCUT2D eigenvalue weighted by Gasteiger charge is 2.60. The Balaban J connectivity index is 1.56. The van der Waals surface area contributed by atoms with Gasteiger partial charge in [-0.2, -0.15) is 16.8 Å². The Hall–Kier alpha value is -0.520. The Morgan fingerprint density at radius 1 is 0.946 bits per heavy atom. The van der Waals surface area contributed by atoms with Crippen LogP contribution in [0.15, 0.2) is 11.6 Å². The van der Waals surface area contributed by atoms with Crippen LogP contribution in [0, 0.1) is 46.3 Å². The predicted molar refractivity (Wildman–Crippen MR) is 141 cm³/mol. The first-order chi connectivity index (χ1) is 17.0. The Morgan fingerprint density at radius 3 is 2.22 bits per heavy atom. The lowest BCUT2D eigenvalue weighted by atomic mass is 9.46. The molecule has 10 heteroatoms. The molecule has 4 rings (SSSR count). The molecule has 0 bridgehead atoms. The molecule has 4 aliphatic rings. The first-order valence-corrected chi connectivity index (χ1v) is 16.8. The molecule has 214 valence electrons. The molecule has 0 spiro atoms. The minimum Gasteiger partial charge on any atom is -0.264 e. The zero-order chi connectivity index (χ0) is 27.4. The maximum Gasteiger partial charge on any atom is 0.397 e. The first kappa shape index (κ1) is 29.5. The number of hydrogen-bond donors (Lipinski definition) is 2. The van der Waals surface area contributed by atoms with Gasteiger partial charge in [-0.3, -0.25) is 9.11 Å². The zero-order valence-electron chi connectivity index (χ0n) is 22.9. The molecular formula is C27H46O8S2. The summed E-state index contributed by atoms with van der Waals surface area (Å²) >= 11 is 0. The molecule has 0 saturated heterocycles. The van der Waals surface area contributed by atoms with Gasteiger partial charge < -0.3 is 0 Å². The van der Waals surface area contributed by atoms with Crippen molar-refractivity contribution >= 4 is 20.8 Å². The molecule has 0 amide bonds. The monoisotopic (exact) mass is 562 g/mol. The lowest BCUT2D eigenvalue weighted by Gasteiger charge is -2.59. The Morgan fingerprint density at radius 2 is 1.59 bits per heavy atom. The normalized spacial score (nSPS) is 41.0. The van der Waals surface area contributed by atoms with Crippen molar-refractivity contribution in [3.8, 4) is 0 Å². The highest BCUT2D eigenvalue weighted by Crippen LogP contribution is 2.67. The van der Waals surface area contributed by atoms with Crippen molar-refractivity contribution in [2.75, 3.05) is 0 Å². The summed E-state index contributed by atoms with van der Waals surface area (Å²) in [5.74, 6) is 3.57. The molecule has 0 aromatic rings. The number of fused-ring (bicyclic) bond motifs is 5. The molecule has 0 radical (unpaired) electrons. The molecule has 2 N–H and O–H groups in total. The molecule has 0 aromatic carbocycles. The maximum absolute atomic E-state index is 11.6. The van der Waals surface area contributed by atoms with E-state index < -0.39 is 33.0 Å². The van der Waals surface area contributed by atoms with Crippen LogP contribution in [-0.2, 0) is 29.2 Å². The van der Waals surface area contributed by atoms with E-state index in [0.29, 0.717) is 29.1 Å². The molecule has 3 fully saturated rings. The fraction of sp³-hybridized carbons (Fsp3) is 0.926. The Kier molecular flexibility index (Phi) is 8.34. The topological polar surface area (TPSA) is 127 Å². The number of allylic oxidation sites excluding steroid dienone is 1. The molecule has 0 unspecified atom stereocenters. The smallest absolute Gasteiger partial charge is 0.264 e. The van der Waals surface area contributed by atoms with Crippen LogP contribution in [0.2, 0.25) is 0 Å². The van der Waals surface area contributed by atoms with E-state index in [0.717, 1.165) is 36.7 Å². The third-order valence-electron chi connectivity index (χ3n) is 10.8. The van der Waals surface area contributed by atoms with Crippen LogP contribution < -0.4 is 0 Å². The summed E-state index contributed by atoms with van der Waals surface area (Å²) in [5.41, 5.74) is 0.952. The van der Waals surface area contributed by atoms with Crippen LogP contribution >= 0.6 is 0 Å². The SMILES string of the molecule is CC(C)CCC[C@@H](C)[C@H]1CC[C@H]2[C@@H]3CC=C4C[C@H](OS(=O)(=O)O)[C@@H](OS(=O)(=O)O)C[C@]4(C)[C@H]3CC[C@]12C. The van der Waals surface area contributed by atoms with Crippen molar-refractivity contribution in [1.82, 2.24) is 0 Å². The van der Waals surface area contributed by atoms with Crippen molar-refractivity contribution in [3.05, 3.63) is 11.6 Å². The van der Waals surface area contributed by atoms with Gasteiger partial charge in [-0.25, -0.2) is 8.37 Å². The van der Waals surface area contributed by atoms with Crippen molar-refractivity contribution in [1.29, 1.82) is 0 Å². The van der Waals surface area contributed by atoms with E-state index in [4.69, 9.17) is 8.37 Å². The van der Waals surface area contributed by atoms with Gasteiger partial charge in [-0.15, -0.1) is 0 Å². The summed E-state index contributed by atoms with van der Waals surface area (Å²) in [7, 11) is -9.66. The molecule has 0 aromatic heterocycles. The third-order valence-corrected chi connectivity index (χ3v) is 11.8. The second-order valence-electron chi connectivity index (χ2n) is 13.3. The summed E-state index contributed by atoms with van der Waals surface area (Å²) < 4.78 is 74.6. The largest absolute Gasteiger partial charge is 0.397 e. The van der Waals surface area contributed by atoms with Crippen molar-refractivity contribution in [3.63, 3.8) is 0 Å². The van der Waals surface area contributed by atoms with Crippen LogP contribution in [0.1, 0.15) is 98.8 Å². The summed E-state index contributed by atoms with van der Waals surface area (Å²) in [4.78, 5) is 0. The average molecular weight is 563 g/mol. The predicted octanol–water partition coefficient (Wildman–Crippen LogP) is 6.01. The molecule has 37 heavy (non-hydrogen) atoms. The minimum absolute atomic E-state index is 0.136. The molecule has 3 saturated carbocycles. The Labute approximate surface area is 223 Å². The van der Waals surface area contributed by atoms with E-state index in [1.54, 1.807) is 0 Å². The second-order valence-corrected chi connectivity index (χ2v) is 15.4. The number of rotatable bonds is 9. The van der Waals surface area contributed by atoms with Crippen molar-refractivity contribution in [2.45, 2.75) is 111 Å². The van der Waals surface area contributed by atoms with Crippen LogP contribution in [-0.4, -0.2) is 38.1 Å². The van der Waals surface area contributed by atoms with Gasteiger partial charge in [-0.1, -0.05) is 65.5 Å². The highest BCUT2D eigenvalue weighted by molar-refractivity contribution is 7.81. The molecule has 4 aliphatic carbocycles. The lowest BCUT2D eigenvalue weighted by Crippen LogP contribution is -2.54. The van der Waals surface area contributed by atoms with Gasteiger partial charge in [0.05, 0.1) is 0 Å². The summed E-state index contributed by atoms with van der Waals surface area (Å²) in [6, 6.07) is 0. The molecule has 8 nitrogen and oxygen atoms in total. The van der Waals surface area contributed by atoms with E-state index in [2.05, 4.69) is 40.7 Å². The van der Waals surface area contributed by atoms with E-state index in [9.17, 15) is 25.9 Å². The molecule has 0 heterocycles. The van der Waals surface area contributed by atoms with Crippen LogP contribution in [0.5, 0.6) is 0 Å². The van der Waals surface area contributed by atoms with Gasteiger partial charge in [0.2, 0.25) is 0 Å². The third kappa shape index (κ3) is 6.14. The van der Waals surface area contributed by atoms with Gasteiger partial charge in [0.25, 0.3) is 0 Å². The van der Waals surface area contributed by atoms with E-state index >= 15 is 0 Å². The lowest BCUT2D eigenvalue weighted by molar-refractivity contribution is -0.0793. The van der Waals surface area contributed by atoms with Gasteiger partial charge >= 0.3 is 20.8 Å². The van der Waals surface area contributed by atoms with Gasteiger partial charge in [-0.05, 0) is 91.3 Å². The van der Waals surface area contributed by atoms with Gasteiger partial charge in [0.1, 0.15) is 12.2 Å². The second kappa shape index (κ2) is 10.5. The van der Waals surface area contributed by atoms with E-state index in [1.807, 2.05) is 0 Å². The van der Waals surface area contributed by atoms with E-state index in [-0.39, 0.29) is 18.3 Å². The van der Waals surface area contributed by atoms with Crippen molar-refractivity contribution < 1.29 is 34.3 Å². The van der Waals surface area contributed by atoms with Gasteiger partial charge in [0.15, 0.2) is 0 Å². The van der Waals surface area contributed by atoms with Crippen LogP contribution in [0.25, 0.3) is 0 Å². The minimum atomic E-state index is -4.84. The summed E-state index contributed by atoms with van der Waals surface area (Å²) in [6.45, 7) is 11.7. The maximum atomic E-state index is 11.6. The van der Waals surface area contributed by atoms with Gasteiger partial charge in [0, 0.05) is 0 Å². The summed E-state index contributed by atoms with van der Waals surface area (Å²) in [5, 5.41) is 0. The fourth-order valence-corrected chi connectivity index (χ4v) is 10.2. The molecule has 0 aliphatic heterocycles. The van der Waals surface area contributed by atoms with Crippen LogP contribution in [0.4, 0.5) is 0 Å². The molecule has 9 atom stereocenters.